The zero-order valence-corrected chi connectivity index (χ0v) is 35.7. The third-order valence-corrected chi connectivity index (χ3v) is 10.5. The van der Waals surface area contributed by atoms with Gasteiger partial charge < -0.3 is 29.7 Å². The van der Waals surface area contributed by atoms with E-state index in [0.29, 0.717) is 75.0 Å². The number of nitrogens with one attached hydrogen (secondary N) is 3. The summed E-state index contributed by atoms with van der Waals surface area (Å²) in [5.41, 5.74) is 10.3. The van der Waals surface area contributed by atoms with Gasteiger partial charge in [0.1, 0.15) is 40.5 Å². The Labute approximate surface area is 357 Å². The van der Waals surface area contributed by atoms with Crippen LogP contribution in [0, 0.1) is 31.6 Å². The molecular formula is C44H50N12O6. The summed E-state index contributed by atoms with van der Waals surface area (Å²) in [4.78, 5) is 62.0. The Hall–Kier alpha value is -7.26. The van der Waals surface area contributed by atoms with Crippen molar-refractivity contribution in [3.8, 4) is 23.3 Å². The van der Waals surface area contributed by atoms with Crippen LogP contribution in [-0.4, -0.2) is 89.0 Å². The van der Waals surface area contributed by atoms with Crippen LogP contribution >= 0.6 is 0 Å². The lowest BCUT2D eigenvalue weighted by atomic mass is 9.99. The average molecular weight is 843 g/mol. The van der Waals surface area contributed by atoms with Gasteiger partial charge in [-0.3, -0.25) is 39.2 Å². The van der Waals surface area contributed by atoms with Gasteiger partial charge in [0, 0.05) is 43.2 Å². The second kappa shape index (κ2) is 18.6. The molecule has 3 amide bonds. The van der Waals surface area contributed by atoms with Crippen molar-refractivity contribution in [3.05, 3.63) is 82.5 Å². The molecule has 0 saturated carbocycles. The Morgan fingerprint density at radius 2 is 1.32 bits per heavy atom. The lowest BCUT2D eigenvalue weighted by molar-refractivity contribution is 0.0994. The molecule has 0 spiro atoms. The maximum atomic E-state index is 13.8. The predicted octanol–water partition coefficient (Wildman–Crippen LogP) is 4.89. The van der Waals surface area contributed by atoms with Crippen molar-refractivity contribution < 1.29 is 28.7 Å². The van der Waals surface area contributed by atoms with Gasteiger partial charge in [-0.25, -0.2) is 9.97 Å². The Bertz CT molecular complexity index is 2790. The van der Waals surface area contributed by atoms with Gasteiger partial charge in [-0.05, 0) is 96.9 Å². The topological polar surface area (TPSA) is 220 Å². The highest BCUT2D eigenvalue weighted by Gasteiger charge is 2.24. The van der Waals surface area contributed by atoms with Crippen LogP contribution in [0.1, 0.15) is 86.7 Å². The largest absolute Gasteiger partial charge is 0.494 e. The Morgan fingerprint density at radius 3 is 1.82 bits per heavy atom. The van der Waals surface area contributed by atoms with E-state index in [0.717, 1.165) is 25.9 Å². The van der Waals surface area contributed by atoms with Crippen LogP contribution in [0.5, 0.6) is 11.5 Å². The van der Waals surface area contributed by atoms with Crippen LogP contribution in [-0.2, 0) is 26.2 Å². The summed E-state index contributed by atoms with van der Waals surface area (Å²) in [6, 6.07) is 9.82. The summed E-state index contributed by atoms with van der Waals surface area (Å²) in [5.74, 6) is 6.13. The minimum Gasteiger partial charge on any atom is -0.494 e. The number of carbonyl (C=O) groups excluding carboxylic acids is 4. The molecule has 5 heterocycles. The number of rotatable bonds is 15. The third kappa shape index (κ3) is 9.07. The standard InChI is InChI=1S/C44H50N12O6/c1-7-55-34(20-26(3)51-55)41(59)49-43-47-32-22-30(28(5)57)24-36(61-6)38(32)53(43)17-9-10-18-54-39-33(48-44(54)50-42(60)35-21-27(4)52-56(35)8-2)23-31(40(45)58)25-37(39)62-19-11-12-29-13-15-46-16-14-29/h9-10,20-25,29,46H,7-8,13-19H2,1-6H3,(H2,45,58)(H,47,49,59)(H,48,50,60)/b10-9+. The van der Waals surface area contributed by atoms with E-state index in [2.05, 4.69) is 38.0 Å². The summed E-state index contributed by atoms with van der Waals surface area (Å²) in [7, 11) is 1.50. The normalized spacial score (nSPS) is 13.1. The van der Waals surface area contributed by atoms with Crippen LogP contribution in [0.25, 0.3) is 22.1 Å². The Kier molecular flexibility index (Phi) is 12.8. The van der Waals surface area contributed by atoms with E-state index < -0.39 is 17.7 Å². The van der Waals surface area contributed by atoms with Crippen molar-refractivity contribution in [2.24, 2.45) is 11.7 Å². The van der Waals surface area contributed by atoms with E-state index in [1.165, 1.54) is 14.0 Å². The second-order valence-corrected chi connectivity index (χ2v) is 14.9. The summed E-state index contributed by atoms with van der Waals surface area (Å²) < 4.78 is 18.8. The number of anilines is 2. The monoisotopic (exact) mass is 842 g/mol. The number of carbonyl (C=O) groups is 4. The summed E-state index contributed by atoms with van der Waals surface area (Å²) >= 11 is 0. The van der Waals surface area contributed by atoms with Gasteiger partial charge in [-0.1, -0.05) is 24.0 Å². The van der Waals surface area contributed by atoms with E-state index >= 15 is 0 Å². The smallest absolute Gasteiger partial charge is 0.276 e. The van der Waals surface area contributed by atoms with Gasteiger partial charge >= 0.3 is 0 Å². The van der Waals surface area contributed by atoms with Crippen LogP contribution in [0.3, 0.4) is 0 Å². The molecule has 4 aromatic heterocycles. The van der Waals surface area contributed by atoms with Crippen molar-refractivity contribution in [1.82, 2.24) is 44.0 Å². The van der Waals surface area contributed by atoms with Crippen molar-refractivity contribution in [1.29, 1.82) is 0 Å². The quantitative estimate of drug-likeness (QED) is 0.0620. The third-order valence-electron chi connectivity index (χ3n) is 10.5. The SMILES string of the molecule is CCn1nc(C)cc1C(=O)Nc1nc2cc(C(C)=O)cc(OC)c2n1C/C=C/Cn1c(NC(=O)c2cc(C)nn2CC)nc2cc(C(N)=O)cc(OCC#CC3CCNCC3)c21. The molecule has 0 radical (unpaired) electrons. The number of Topliss-reactive ketones (excluding diaryl/α,β-unsaturated/α-hetero) is 1. The van der Waals surface area contributed by atoms with Gasteiger partial charge in [0.2, 0.25) is 17.8 Å². The fraction of sp³-hybridized carbons (Fsp3) is 0.364. The number of fused-ring (bicyclic) bond motifs is 2. The number of ketones is 1. The molecule has 1 aliphatic heterocycles. The van der Waals surface area contributed by atoms with Crippen molar-refractivity contribution >= 4 is 57.5 Å². The number of primary amides is 1. The van der Waals surface area contributed by atoms with E-state index in [4.69, 9.17) is 25.2 Å². The second-order valence-electron chi connectivity index (χ2n) is 14.9. The fourth-order valence-electron chi connectivity index (χ4n) is 7.51. The maximum Gasteiger partial charge on any atom is 0.276 e. The van der Waals surface area contributed by atoms with E-state index in [1.54, 1.807) is 54.9 Å². The molecule has 0 unspecified atom stereocenters. The number of nitrogens with two attached hydrogens (primary N) is 1. The highest BCUT2D eigenvalue weighted by atomic mass is 16.5. The van der Waals surface area contributed by atoms with Gasteiger partial charge in [0.15, 0.2) is 5.78 Å². The molecule has 1 saturated heterocycles. The number of methoxy groups -OCH3 is 1. The minimum atomic E-state index is -0.671. The highest BCUT2D eigenvalue weighted by Crippen LogP contribution is 2.33. The first-order chi connectivity index (χ1) is 29.9. The maximum absolute atomic E-state index is 13.8. The lowest BCUT2D eigenvalue weighted by Gasteiger charge is -2.17. The van der Waals surface area contributed by atoms with Crippen molar-refractivity contribution in [3.63, 3.8) is 0 Å². The molecular weight excluding hydrogens is 793 g/mol. The number of hydrogen-bond acceptors (Lipinski definition) is 11. The number of amides is 3. The first-order valence-electron chi connectivity index (χ1n) is 20.5. The zero-order valence-electron chi connectivity index (χ0n) is 35.7. The van der Waals surface area contributed by atoms with E-state index in [9.17, 15) is 19.2 Å². The van der Waals surface area contributed by atoms with E-state index in [-0.39, 0.29) is 48.9 Å². The van der Waals surface area contributed by atoms with Crippen LogP contribution in [0.2, 0.25) is 0 Å². The van der Waals surface area contributed by atoms with Crippen LogP contribution in [0.4, 0.5) is 11.9 Å². The lowest BCUT2D eigenvalue weighted by Crippen LogP contribution is -2.27. The molecule has 2 aromatic carbocycles. The molecule has 0 aliphatic carbocycles. The number of aromatic nitrogens is 8. The molecule has 0 bridgehead atoms. The number of aryl methyl sites for hydroxylation is 4. The number of piperidine rings is 1. The molecule has 62 heavy (non-hydrogen) atoms. The fourth-order valence-corrected chi connectivity index (χ4v) is 7.51. The van der Waals surface area contributed by atoms with Crippen LogP contribution in [0.15, 0.2) is 48.6 Å². The Balaban J connectivity index is 1.27. The molecule has 18 heteroatoms. The molecule has 0 atom stereocenters. The minimum absolute atomic E-state index is 0.0485. The van der Waals surface area contributed by atoms with Crippen LogP contribution < -0.4 is 31.2 Å². The summed E-state index contributed by atoms with van der Waals surface area (Å²) in [6.07, 6.45) is 5.63. The predicted molar refractivity (Wildman–Crippen MR) is 234 cm³/mol. The molecule has 7 rings (SSSR count). The molecule has 6 aromatic rings. The van der Waals surface area contributed by atoms with Gasteiger partial charge in [-0.2, -0.15) is 10.2 Å². The van der Waals surface area contributed by atoms with E-state index in [1.807, 2.05) is 39.8 Å². The summed E-state index contributed by atoms with van der Waals surface area (Å²) in [5, 5.41) is 18.1. The number of ether oxygens (including phenoxy) is 2. The van der Waals surface area contributed by atoms with Crippen molar-refractivity contribution in [2.75, 3.05) is 37.4 Å². The first-order valence-corrected chi connectivity index (χ1v) is 20.5. The van der Waals surface area contributed by atoms with Gasteiger partial charge in [0.05, 0.1) is 29.5 Å². The zero-order chi connectivity index (χ0) is 44.1. The number of benzene rings is 2. The molecule has 1 fully saturated rings. The Morgan fingerprint density at radius 1 is 0.806 bits per heavy atom. The highest BCUT2D eigenvalue weighted by molar-refractivity contribution is 6.05. The molecule has 18 nitrogen and oxygen atoms in total. The number of nitrogens with zero attached hydrogens (tertiary/aromatic N) is 8. The number of imidazole rings is 2. The molecule has 1 aliphatic rings. The van der Waals surface area contributed by atoms with Gasteiger partial charge in [0.25, 0.3) is 11.8 Å². The number of allylic oxidation sites excluding steroid dienone is 2. The van der Waals surface area contributed by atoms with Gasteiger partial charge in [-0.15, -0.1) is 0 Å². The molecule has 322 valence electrons. The van der Waals surface area contributed by atoms with Crippen molar-refractivity contribution in [2.45, 2.75) is 73.6 Å². The first kappa shape index (κ1) is 42.8. The average Bonchev–Trinajstić information content (AvgIpc) is 4.03. The molecule has 5 N–H and O–H groups in total. The summed E-state index contributed by atoms with van der Waals surface area (Å²) in [6.45, 7) is 12.1. The number of hydrogen-bond donors (Lipinski definition) is 4.